The summed E-state index contributed by atoms with van der Waals surface area (Å²) in [5.74, 6) is -1.18. The summed E-state index contributed by atoms with van der Waals surface area (Å²) in [4.78, 5) is 22.1. The van der Waals surface area contributed by atoms with E-state index >= 15 is 0 Å². The molecule has 5 heteroatoms. The lowest BCUT2D eigenvalue weighted by Crippen LogP contribution is -2.12. The van der Waals surface area contributed by atoms with Gasteiger partial charge in [-0.1, -0.05) is 6.92 Å². The van der Waals surface area contributed by atoms with Gasteiger partial charge in [0, 0.05) is 25.2 Å². The maximum absolute atomic E-state index is 11.1. The highest BCUT2D eigenvalue weighted by molar-refractivity contribution is 5.91. The molecule has 0 fully saturated rings. The number of esters is 2. The van der Waals surface area contributed by atoms with E-state index in [2.05, 4.69) is 4.74 Å². The van der Waals surface area contributed by atoms with Crippen molar-refractivity contribution in [2.45, 2.75) is 32.8 Å². The Balaban J connectivity index is 3.80. The van der Waals surface area contributed by atoms with Crippen molar-refractivity contribution in [3.05, 3.63) is 12.2 Å². The first-order valence-corrected chi connectivity index (χ1v) is 5.26. The van der Waals surface area contributed by atoms with E-state index < -0.39 is 11.9 Å². The van der Waals surface area contributed by atoms with E-state index in [0.29, 0.717) is 6.42 Å². The molecule has 0 saturated heterocycles. The van der Waals surface area contributed by atoms with Crippen LogP contribution in [0.25, 0.3) is 0 Å². The van der Waals surface area contributed by atoms with Crippen LogP contribution in [0, 0.1) is 0 Å². The molecule has 0 aliphatic rings. The van der Waals surface area contributed by atoms with E-state index in [0.717, 1.165) is 18.6 Å². The van der Waals surface area contributed by atoms with Gasteiger partial charge in [-0.25, -0.2) is 9.59 Å². The molecule has 0 heterocycles. The molecule has 92 valence electrons. The minimum Gasteiger partial charge on any atom is -0.462 e. The quantitative estimate of drug-likeness (QED) is 0.398. The maximum atomic E-state index is 11.1. The fraction of sp³-hybridized carbons (Fsp3) is 0.636. The second-order valence-electron chi connectivity index (χ2n) is 3.23. The normalized spacial score (nSPS) is 12.4. The van der Waals surface area contributed by atoms with E-state index in [1.165, 1.54) is 0 Å². The molecule has 1 unspecified atom stereocenters. The summed E-state index contributed by atoms with van der Waals surface area (Å²) in [7, 11) is 0. The van der Waals surface area contributed by atoms with Crippen LogP contribution in [0.5, 0.6) is 0 Å². The Kier molecular flexibility index (Phi) is 8.15. The minimum atomic E-state index is -0.616. The molecule has 0 radical (unpaired) electrons. The minimum absolute atomic E-state index is 0.0347. The van der Waals surface area contributed by atoms with Crippen LogP contribution in [0.4, 0.5) is 0 Å². The summed E-state index contributed by atoms with van der Waals surface area (Å²) in [6, 6.07) is 0. The fourth-order valence-corrected chi connectivity index (χ4v) is 0.742. The van der Waals surface area contributed by atoms with Gasteiger partial charge in [0.15, 0.2) is 0 Å². The van der Waals surface area contributed by atoms with Gasteiger partial charge in [0.25, 0.3) is 0 Å². The lowest BCUT2D eigenvalue weighted by molar-refractivity contribution is -0.143. The molecule has 0 aliphatic heterocycles. The zero-order chi connectivity index (χ0) is 12.4. The van der Waals surface area contributed by atoms with E-state index in [4.69, 9.17) is 9.84 Å². The Labute approximate surface area is 95.0 Å². The van der Waals surface area contributed by atoms with Gasteiger partial charge in [0.05, 0.1) is 12.7 Å². The van der Waals surface area contributed by atoms with Crippen LogP contribution in [0.2, 0.25) is 0 Å². The smallest absolute Gasteiger partial charge is 0.331 e. The number of hydrogen-bond donors (Lipinski definition) is 1. The molecule has 16 heavy (non-hydrogen) atoms. The van der Waals surface area contributed by atoms with Gasteiger partial charge in [-0.05, 0) is 13.3 Å². The topological polar surface area (TPSA) is 72.8 Å². The molecule has 0 amide bonds. The number of aliphatic hydroxyl groups excluding tert-OH is 1. The first kappa shape index (κ1) is 14.6. The zero-order valence-corrected chi connectivity index (χ0v) is 9.64. The Bertz CT molecular complexity index is 247. The van der Waals surface area contributed by atoms with Crippen molar-refractivity contribution in [1.82, 2.24) is 0 Å². The molecule has 0 spiro atoms. The highest BCUT2D eigenvalue weighted by Gasteiger charge is 2.04. The van der Waals surface area contributed by atoms with Crippen LogP contribution in [0.15, 0.2) is 12.2 Å². The lowest BCUT2D eigenvalue weighted by Gasteiger charge is -2.07. The van der Waals surface area contributed by atoms with Gasteiger partial charge in [0.1, 0.15) is 0 Å². The molecular weight excluding hydrogens is 212 g/mol. The average molecular weight is 230 g/mol. The van der Waals surface area contributed by atoms with Gasteiger partial charge >= 0.3 is 11.9 Å². The second kappa shape index (κ2) is 8.91. The highest BCUT2D eigenvalue weighted by atomic mass is 16.5. The van der Waals surface area contributed by atoms with Crippen molar-refractivity contribution in [1.29, 1.82) is 0 Å². The maximum Gasteiger partial charge on any atom is 0.331 e. The first-order chi connectivity index (χ1) is 7.60. The summed E-state index contributed by atoms with van der Waals surface area (Å²) in [5, 5.41) is 8.44. The number of rotatable bonds is 7. The lowest BCUT2D eigenvalue weighted by atomic mass is 10.3. The van der Waals surface area contributed by atoms with Crippen LogP contribution in [0.1, 0.15) is 26.7 Å². The van der Waals surface area contributed by atoms with Crippen LogP contribution >= 0.6 is 0 Å². The Morgan fingerprint density at radius 3 is 2.50 bits per heavy atom. The molecule has 5 nitrogen and oxygen atoms in total. The predicted molar refractivity (Wildman–Crippen MR) is 57.6 cm³/mol. The van der Waals surface area contributed by atoms with Crippen molar-refractivity contribution < 1.29 is 24.2 Å². The molecule has 0 saturated carbocycles. The average Bonchev–Trinajstić information content (AvgIpc) is 2.26. The fourth-order valence-electron chi connectivity index (χ4n) is 0.742. The number of aliphatic hydroxyl groups is 1. The third-order valence-corrected chi connectivity index (χ3v) is 1.79. The summed E-state index contributed by atoms with van der Waals surface area (Å²) >= 11 is 0. The molecule has 0 aromatic rings. The van der Waals surface area contributed by atoms with E-state index in [9.17, 15) is 9.59 Å². The van der Waals surface area contributed by atoms with E-state index in [1.807, 2.05) is 6.92 Å². The highest BCUT2D eigenvalue weighted by Crippen LogP contribution is 1.97. The van der Waals surface area contributed by atoms with Crippen molar-refractivity contribution in [3.8, 4) is 0 Å². The van der Waals surface area contributed by atoms with Crippen molar-refractivity contribution in [3.63, 3.8) is 0 Å². The molecular formula is C11H18O5. The zero-order valence-electron chi connectivity index (χ0n) is 9.64. The van der Waals surface area contributed by atoms with Gasteiger partial charge in [-0.2, -0.15) is 0 Å². The van der Waals surface area contributed by atoms with E-state index in [-0.39, 0.29) is 19.3 Å². The number of hydrogen-bond acceptors (Lipinski definition) is 5. The molecule has 0 aliphatic carbocycles. The molecule has 0 rings (SSSR count). The Morgan fingerprint density at radius 2 is 1.94 bits per heavy atom. The number of carbonyl (C=O) groups is 2. The second-order valence-corrected chi connectivity index (χ2v) is 3.23. The number of carbonyl (C=O) groups excluding carboxylic acids is 2. The van der Waals surface area contributed by atoms with Crippen molar-refractivity contribution in [2.24, 2.45) is 0 Å². The predicted octanol–water partition coefficient (Wildman–Crippen LogP) is 0.810. The molecule has 1 atom stereocenters. The summed E-state index contributed by atoms with van der Waals surface area (Å²) in [6.07, 6.45) is 3.00. The van der Waals surface area contributed by atoms with Crippen LogP contribution in [-0.4, -0.2) is 36.4 Å². The summed E-state index contributed by atoms with van der Waals surface area (Å²) in [6.45, 7) is 3.77. The van der Waals surface area contributed by atoms with Gasteiger partial charge < -0.3 is 14.6 Å². The molecule has 1 N–H and O–H groups in total. The SMILES string of the molecule is CCC(C)OC(=O)/C=C\C(=O)OCCCO. The first-order valence-electron chi connectivity index (χ1n) is 5.26. The van der Waals surface area contributed by atoms with Crippen LogP contribution < -0.4 is 0 Å². The summed E-state index contributed by atoms with van der Waals surface area (Å²) < 4.78 is 9.57. The van der Waals surface area contributed by atoms with Gasteiger partial charge in [0.2, 0.25) is 0 Å². The third-order valence-electron chi connectivity index (χ3n) is 1.79. The third kappa shape index (κ3) is 7.99. The molecule has 0 aromatic heterocycles. The largest absolute Gasteiger partial charge is 0.462 e. The van der Waals surface area contributed by atoms with Crippen LogP contribution in [0.3, 0.4) is 0 Å². The standard InChI is InChI=1S/C11H18O5/c1-3-9(2)16-11(14)6-5-10(13)15-8-4-7-12/h5-6,9,12H,3-4,7-8H2,1-2H3/b6-5-. The molecule has 0 bridgehead atoms. The van der Waals surface area contributed by atoms with Gasteiger partial charge in [-0.15, -0.1) is 0 Å². The van der Waals surface area contributed by atoms with E-state index in [1.54, 1.807) is 6.92 Å². The number of ether oxygens (including phenoxy) is 2. The van der Waals surface area contributed by atoms with Crippen molar-refractivity contribution in [2.75, 3.05) is 13.2 Å². The Morgan fingerprint density at radius 1 is 1.31 bits per heavy atom. The van der Waals surface area contributed by atoms with Gasteiger partial charge in [-0.3, -0.25) is 0 Å². The Hall–Kier alpha value is -1.36. The summed E-state index contributed by atoms with van der Waals surface area (Å²) in [5.41, 5.74) is 0. The monoisotopic (exact) mass is 230 g/mol. The molecule has 0 aromatic carbocycles. The van der Waals surface area contributed by atoms with Crippen molar-refractivity contribution >= 4 is 11.9 Å². The van der Waals surface area contributed by atoms with Crippen LogP contribution in [-0.2, 0) is 19.1 Å².